The van der Waals surface area contributed by atoms with Crippen LogP contribution >= 0.6 is 11.6 Å². The molecule has 4 nitrogen and oxygen atoms in total. The van der Waals surface area contributed by atoms with Gasteiger partial charge in [0.15, 0.2) is 5.95 Å². The van der Waals surface area contributed by atoms with E-state index in [0.29, 0.717) is 16.9 Å². The average Bonchev–Trinajstić information content (AvgIpc) is 2.47. The third kappa shape index (κ3) is 1.23. The molecule has 0 spiro atoms. The lowest BCUT2D eigenvalue weighted by Gasteiger charge is -2.03. The van der Waals surface area contributed by atoms with E-state index in [1.54, 1.807) is 6.20 Å². The minimum absolute atomic E-state index is 0.290. The van der Waals surface area contributed by atoms with Crippen molar-refractivity contribution in [2.75, 3.05) is 5.73 Å². The number of rotatable bonds is 1. The highest BCUT2D eigenvalue weighted by Crippen LogP contribution is 2.30. The van der Waals surface area contributed by atoms with Gasteiger partial charge in [0.2, 0.25) is 0 Å². The number of hydrogen-bond donors (Lipinski definition) is 2. The molecule has 0 saturated heterocycles. The van der Waals surface area contributed by atoms with Gasteiger partial charge in [0.1, 0.15) is 11.0 Å². The molecule has 2 aliphatic heterocycles. The van der Waals surface area contributed by atoms with Crippen molar-refractivity contribution in [1.82, 2.24) is 15.0 Å². The Morgan fingerprint density at radius 2 is 2.38 bits per heavy atom. The first-order chi connectivity index (χ1) is 6.22. The van der Waals surface area contributed by atoms with Crippen LogP contribution in [0.1, 0.15) is 12.5 Å². The fraction of sp³-hybridized carbons (Fsp3) is 0.250. The maximum atomic E-state index is 5.94. The van der Waals surface area contributed by atoms with Gasteiger partial charge in [-0.15, -0.1) is 0 Å². The molecule has 2 aliphatic rings. The molecule has 0 saturated carbocycles. The van der Waals surface area contributed by atoms with E-state index in [-0.39, 0.29) is 0 Å². The molecule has 0 amide bonds. The minimum atomic E-state index is 0.290. The van der Waals surface area contributed by atoms with E-state index < -0.39 is 0 Å². The summed E-state index contributed by atoms with van der Waals surface area (Å²) >= 11 is 5.94. The fourth-order valence-corrected chi connectivity index (χ4v) is 1.63. The second-order valence-corrected chi connectivity index (χ2v) is 3.13. The number of nitrogen functional groups attached to an aromatic ring is 1. The summed E-state index contributed by atoms with van der Waals surface area (Å²) in [5.74, 6) is 0.993. The van der Waals surface area contributed by atoms with Crippen molar-refractivity contribution in [3.05, 3.63) is 16.9 Å². The quantitative estimate of drug-likeness (QED) is 0.683. The number of fused-ring (bicyclic) bond motifs is 1. The topological polar surface area (TPSA) is 67.6 Å². The van der Waals surface area contributed by atoms with Gasteiger partial charge in [-0.2, -0.15) is 0 Å². The Balaban J connectivity index is 2.72. The van der Waals surface area contributed by atoms with E-state index in [1.165, 1.54) is 0 Å². The predicted molar refractivity (Wildman–Crippen MR) is 51.8 cm³/mol. The van der Waals surface area contributed by atoms with Crippen LogP contribution in [0.15, 0.2) is 6.20 Å². The number of nitrogens with one attached hydrogen (secondary N) is 1. The van der Waals surface area contributed by atoms with Crippen LogP contribution in [0.5, 0.6) is 0 Å². The molecule has 13 heavy (non-hydrogen) atoms. The molecule has 0 atom stereocenters. The summed E-state index contributed by atoms with van der Waals surface area (Å²) in [6.07, 6.45) is 2.67. The second-order valence-electron chi connectivity index (χ2n) is 2.77. The first-order valence-corrected chi connectivity index (χ1v) is 4.38. The number of anilines is 1. The molecule has 0 radical (unpaired) electrons. The Morgan fingerprint density at radius 1 is 1.62 bits per heavy atom. The Morgan fingerprint density at radius 3 is 3.08 bits per heavy atom. The molecule has 2 heterocycles. The largest absolute Gasteiger partial charge is 0.369 e. The van der Waals surface area contributed by atoms with E-state index in [0.717, 1.165) is 17.5 Å². The zero-order valence-electron chi connectivity index (χ0n) is 7.13. The summed E-state index contributed by atoms with van der Waals surface area (Å²) in [7, 11) is 0. The van der Waals surface area contributed by atoms with Gasteiger partial charge in [-0.3, -0.25) is 0 Å². The molecule has 0 bridgehead atoms. The molecule has 0 aromatic heterocycles. The third-order valence-corrected chi connectivity index (χ3v) is 2.23. The maximum Gasteiger partial charge on any atom is 0.200 e. The lowest BCUT2D eigenvalue weighted by atomic mass is 10.1. The van der Waals surface area contributed by atoms with Crippen LogP contribution in [-0.4, -0.2) is 15.0 Å². The first kappa shape index (κ1) is 8.31. The van der Waals surface area contributed by atoms with Crippen molar-refractivity contribution in [1.29, 1.82) is 0 Å². The van der Waals surface area contributed by atoms with Crippen LogP contribution in [0, 0.1) is 0 Å². The number of H-pyrrole nitrogens is 1. The Kier molecular flexibility index (Phi) is 1.84. The summed E-state index contributed by atoms with van der Waals surface area (Å²) in [5.41, 5.74) is 7.44. The van der Waals surface area contributed by atoms with Gasteiger partial charge in [0.25, 0.3) is 0 Å². The van der Waals surface area contributed by atoms with Crippen molar-refractivity contribution < 1.29 is 0 Å². The van der Waals surface area contributed by atoms with Crippen LogP contribution in [0.3, 0.4) is 0 Å². The highest BCUT2D eigenvalue weighted by Gasteiger charge is 2.15. The SMILES string of the molecule is CCc1cnc2[nH]c(N)nc(Cl)c1-2. The molecule has 2 rings (SSSR count). The van der Waals surface area contributed by atoms with Crippen molar-refractivity contribution in [3.63, 3.8) is 0 Å². The lowest BCUT2D eigenvalue weighted by molar-refractivity contribution is 1.13. The van der Waals surface area contributed by atoms with Gasteiger partial charge < -0.3 is 10.7 Å². The number of aromatic amines is 1. The fourth-order valence-electron chi connectivity index (χ4n) is 1.33. The second kappa shape index (κ2) is 2.88. The number of aryl methyl sites for hydroxylation is 1. The smallest absolute Gasteiger partial charge is 0.200 e. The summed E-state index contributed by atoms with van der Waals surface area (Å²) in [6, 6.07) is 0. The molecular weight excluding hydrogens is 188 g/mol. The molecule has 0 aromatic carbocycles. The van der Waals surface area contributed by atoms with Gasteiger partial charge >= 0.3 is 0 Å². The maximum absolute atomic E-state index is 5.94. The standard InChI is InChI=1S/C8H9ClN4/c1-2-4-3-11-7-5(4)6(9)12-8(10)13-7/h3H,2H2,1H3,(H3,10,11,12,13). The van der Waals surface area contributed by atoms with Crippen LogP contribution < -0.4 is 5.73 Å². The van der Waals surface area contributed by atoms with E-state index in [4.69, 9.17) is 17.3 Å². The molecule has 3 N–H and O–H groups in total. The van der Waals surface area contributed by atoms with Crippen molar-refractivity contribution >= 4 is 17.5 Å². The normalized spacial score (nSPS) is 10.9. The highest BCUT2D eigenvalue weighted by atomic mass is 35.5. The van der Waals surface area contributed by atoms with Gasteiger partial charge in [-0.25, -0.2) is 9.97 Å². The van der Waals surface area contributed by atoms with Crippen LogP contribution in [0.25, 0.3) is 11.4 Å². The predicted octanol–water partition coefficient (Wildman–Crippen LogP) is 1.71. The number of hydrogen-bond acceptors (Lipinski definition) is 3. The molecule has 0 unspecified atom stereocenters. The van der Waals surface area contributed by atoms with Gasteiger partial charge in [-0.1, -0.05) is 18.5 Å². The van der Waals surface area contributed by atoms with Crippen LogP contribution in [0.2, 0.25) is 5.15 Å². The first-order valence-electron chi connectivity index (χ1n) is 4.01. The Bertz CT molecular complexity index is 409. The zero-order valence-corrected chi connectivity index (χ0v) is 7.89. The molecule has 0 fully saturated rings. The van der Waals surface area contributed by atoms with Gasteiger partial charge in [0.05, 0.1) is 5.56 Å². The zero-order chi connectivity index (χ0) is 9.42. The van der Waals surface area contributed by atoms with E-state index in [9.17, 15) is 0 Å². The van der Waals surface area contributed by atoms with E-state index in [2.05, 4.69) is 15.0 Å². The van der Waals surface area contributed by atoms with E-state index in [1.807, 2.05) is 6.92 Å². The van der Waals surface area contributed by atoms with Crippen molar-refractivity contribution in [2.45, 2.75) is 13.3 Å². The number of nitrogens with zero attached hydrogens (tertiary/aromatic N) is 2. The van der Waals surface area contributed by atoms with Gasteiger partial charge in [-0.05, 0) is 12.0 Å². The minimum Gasteiger partial charge on any atom is -0.369 e. The third-order valence-electron chi connectivity index (χ3n) is 1.96. The van der Waals surface area contributed by atoms with Crippen molar-refractivity contribution in [3.8, 4) is 11.4 Å². The van der Waals surface area contributed by atoms with Crippen molar-refractivity contribution in [2.24, 2.45) is 0 Å². The van der Waals surface area contributed by atoms with Gasteiger partial charge in [0, 0.05) is 6.20 Å². The summed E-state index contributed by atoms with van der Waals surface area (Å²) in [4.78, 5) is 10.9. The lowest BCUT2D eigenvalue weighted by Crippen LogP contribution is -1.99. The Labute approximate surface area is 80.5 Å². The Hall–Kier alpha value is -1.29. The summed E-state index contributed by atoms with van der Waals surface area (Å²) < 4.78 is 0. The molecule has 68 valence electrons. The molecule has 5 heteroatoms. The van der Waals surface area contributed by atoms with Crippen LogP contribution in [0.4, 0.5) is 5.95 Å². The highest BCUT2D eigenvalue weighted by molar-refractivity contribution is 6.32. The average molecular weight is 197 g/mol. The monoisotopic (exact) mass is 196 g/mol. The number of aromatic nitrogens is 3. The molecule has 0 aromatic rings. The van der Waals surface area contributed by atoms with Crippen LogP contribution in [-0.2, 0) is 6.42 Å². The van der Waals surface area contributed by atoms with E-state index >= 15 is 0 Å². The summed E-state index contributed by atoms with van der Waals surface area (Å²) in [5, 5.41) is 0.417. The summed E-state index contributed by atoms with van der Waals surface area (Å²) in [6.45, 7) is 2.04. The number of halogens is 1. The number of nitrogens with two attached hydrogens (primary N) is 1. The molecular formula is C8H9ClN4. The molecule has 0 aliphatic carbocycles.